The van der Waals surface area contributed by atoms with Gasteiger partial charge in [0.05, 0.1) is 0 Å². The first-order valence-corrected chi connectivity index (χ1v) is 8.62. The summed E-state index contributed by atoms with van der Waals surface area (Å²) in [4.78, 5) is 28.4. The first-order chi connectivity index (χ1) is 12.5. The third kappa shape index (κ3) is 3.85. The van der Waals surface area contributed by atoms with Crippen molar-refractivity contribution in [3.63, 3.8) is 0 Å². The molecule has 26 heavy (non-hydrogen) atoms. The van der Waals surface area contributed by atoms with Gasteiger partial charge in [-0.15, -0.1) is 0 Å². The smallest absolute Gasteiger partial charge is 0.313 e. The summed E-state index contributed by atoms with van der Waals surface area (Å²) in [5.41, 5.74) is 3.45. The summed E-state index contributed by atoms with van der Waals surface area (Å²) < 4.78 is 13.0. The van der Waals surface area contributed by atoms with Crippen LogP contribution in [0.1, 0.15) is 11.1 Å². The summed E-state index contributed by atoms with van der Waals surface area (Å²) in [5, 5.41) is 2.74. The summed E-state index contributed by atoms with van der Waals surface area (Å²) in [5.74, 6) is -1.41. The number of carbonyl (C=O) groups is 2. The average Bonchev–Trinajstić information content (AvgIpc) is 2.65. The Kier molecular flexibility index (Phi) is 5.21. The first kappa shape index (κ1) is 17.9. The van der Waals surface area contributed by atoms with E-state index in [1.165, 1.54) is 12.1 Å². The lowest BCUT2D eigenvalue weighted by Gasteiger charge is -2.35. The second kappa shape index (κ2) is 7.56. The highest BCUT2D eigenvalue weighted by atomic mass is 19.1. The van der Waals surface area contributed by atoms with Crippen molar-refractivity contribution in [3.8, 4) is 0 Å². The predicted molar refractivity (Wildman–Crippen MR) is 99.7 cm³/mol. The predicted octanol–water partition coefficient (Wildman–Crippen LogP) is 2.73. The van der Waals surface area contributed by atoms with Gasteiger partial charge in [0.2, 0.25) is 0 Å². The molecule has 6 heteroatoms. The first-order valence-electron chi connectivity index (χ1n) is 8.62. The molecule has 0 spiro atoms. The van der Waals surface area contributed by atoms with Crippen molar-refractivity contribution in [2.24, 2.45) is 0 Å². The molecule has 1 aliphatic heterocycles. The van der Waals surface area contributed by atoms with E-state index in [2.05, 4.69) is 10.2 Å². The van der Waals surface area contributed by atoms with Gasteiger partial charge in [-0.2, -0.15) is 0 Å². The quantitative estimate of drug-likeness (QED) is 0.843. The van der Waals surface area contributed by atoms with Crippen LogP contribution < -0.4 is 10.2 Å². The van der Waals surface area contributed by atoms with Crippen LogP contribution in [0, 0.1) is 19.7 Å². The number of nitrogens with zero attached hydrogens (tertiary/aromatic N) is 2. The largest absolute Gasteiger partial charge is 0.368 e. The van der Waals surface area contributed by atoms with Crippen LogP contribution in [0.5, 0.6) is 0 Å². The van der Waals surface area contributed by atoms with E-state index >= 15 is 0 Å². The number of amides is 2. The summed E-state index contributed by atoms with van der Waals surface area (Å²) in [6, 6.07) is 12.0. The Morgan fingerprint density at radius 1 is 0.923 bits per heavy atom. The van der Waals surface area contributed by atoms with E-state index in [1.54, 1.807) is 17.0 Å². The second-order valence-corrected chi connectivity index (χ2v) is 6.48. The van der Waals surface area contributed by atoms with Crippen LogP contribution in [0.3, 0.4) is 0 Å². The number of para-hydroxylation sites is 1. The maximum Gasteiger partial charge on any atom is 0.313 e. The third-order valence-electron chi connectivity index (χ3n) is 4.67. The number of hydrogen-bond acceptors (Lipinski definition) is 3. The molecule has 2 aromatic carbocycles. The Labute approximate surface area is 152 Å². The fraction of sp³-hybridized carbons (Fsp3) is 0.300. The summed E-state index contributed by atoms with van der Waals surface area (Å²) >= 11 is 0. The maximum atomic E-state index is 13.0. The van der Waals surface area contributed by atoms with Crippen LogP contribution in [0.25, 0.3) is 0 Å². The zero-order valence-corrected chi connectivity index (χ0v) is 15.0. The maximum absolute atomic E-state index is 13.0. The van der Waals surface area contributed by atoms with E-state index < -0.39 is 11.8 Å². The van der Waals surface area contributed by atoms with E-state index in [9.17, 15) is 14.0 Å². The van der Waals surface area contributed by atoms with Gasteiger partial charge in [-0.25, -0.2) is 4.39 Å². The van der Waals surface area contributed by atoms with E-state index in [4.69, 9.17) is 0 Å². The van der Waals surface area contributed by atoms with Gasteiger partial charge >= 0.3 is 11.8 Å². The van der Waals surface area contributed by atoms with Crippen molar-refractivity contribution >= 4 is 23.2 Å². The summed E-state index contributed by atoms with van der Waals surface area (Å²) in [6.45, 7) is 5.91. The molecule has 1 heterocycles. The Morgan fingerprint density at radius 2 is 1.50 bits per heavy atom. The molecular formula is C20H22FN3O2. The van der Waals surface area contributed by atoms with E-state index in [-0.39, 0.29) is 5.82 Å². The van der Waals surface area contributed by atoms with Crippen LogP contribution in [0.15, 0.2) is 42.5 Å². The van der Waals surface area contributed by atoms with Crippen molar-refractivity contribution in [2.75, 3.05) is 36.4 Å². The molecule has 1 N–H and O–H groups in total. The molecule has 0 atom stereocenters. The molecule has 1 saturated heterocycles. The molecule has 2 amide bonds. The molecular weight excluding hydrogens is 333 g/mol. The lowest BCUT2D eigenvalue weighted by Crippen LogP contribution is -2.51. The lowest BCUT2D eigenvalue weighted by atomic mass is 10.1. The van der Waals surface area contributed by atoms with E-state index in [1.807, 2.05) is 32.0 Å². The molecule has 3 rings (SSSR count). The van der Waals surface area contributed by atoms with Gasteiger partial charge in [0, 0.05) is 37.6 Å². The highest BCUT2D eigenvalue weighted by molar-refractivity contribution is 6.39. The standard InChI is InChI=1S/C20H22FN3O2/c1-14-4-3-5-15(2)18(14)22-19(25)20(26)24-12-10-23(11-13-24)17-8-6-16(21)7-9-17/h3-9H,10-13H2,1-2H3,(H,22,25). The van der Waals surface area contributed by atoms with Gasteiger partial charge in [-0.1, -0.05) is 18.2 Å². The fourth-order valence-corrected chi connectivity index (χ4v) is 3.14. The van der Waals surface area contributed by atoms with Crippen molar-refractivity contribution < 1.29 is 14.0 Å². The van der Waals surface area contributed by atoms with Crippen molar-refractivity contribution in [1.29, 1.82) is 0 Å². The number of hydrogen-bond donors (Lipinski definition) is 1. The molecule has 0 aliphatic carbocycles. The van der Waals surface area contributed by atoms with Crippen LogP contribution >= 0.6 is 0 Å². The zero-order valence-electron chi connectivity index (χ0n) is 15.0. The van der Waals surface area contributed by atoms with Gasteiger partial charge in [0.1, 0.15) is 5.82 Å². The molecule has 2 aromatic rings. The van der Waals surface area contributed by atoms with Gasteiger partial charge in [-0.3, -0.25) is 9.59 Å². The van der Waals surface area contributed by atoms with Gasteiger partial charge in [0.15, 0.2) is 0 Å². The van der Waals surface area contributed by atoms with E-state index in [0.29, 0.717) is 31.9 Å². The minimum atomic E-state index is -0.613. The lowest BCUT2D eigenvalue weighted by molar-refractivity contribution is -0.143. The number of anilines is 2. The molecule has 0 radical (unpaired) electrons. The number of nitrogens with one attached hydrogen (secondary N) is 1. The molecule has 0 bridgehead atoms. The summed E-state index contributed by atoms with van der Waals surface area (Å²) in [7, 11) is 0. The highest BCUT2D eigenvalue weighted by Gasteiger charge is 2.26. The second-order valence-electron chi connectivity index (χ2n) is 6.48. The molecule has 0 aromatic heterocycles. The minimum Gasteiger partial charge on any atom is -0.368 e. The van der Waals surface area contributed by atoms with Gasteiger partial charge < -0.3 is 15.1 Å². The van der Waals surface area contributed by atoms with E-state index in [0.717, 1.165) is 16.8 Å². The number of aryl methyl sites for hydroxylation is 2. The number of carbonyl (C=O) groups excluding carboxylic acids is 2. The van der Waals surface area contributed by atoms with Crippen LogP contribution in [-0.4, -0.2) is 42.9 Å². The third-order valence-corrected chi connectivity index (χ3v) is 4.67. The van der Waals surface area contributed by atoms with Gasteiger partial charge in [0.25, 0.3) is 0 Å². The summed E-state index contributed by atoms with van der Waals surface area (Å²) in [6.07, 6.45) is 0. The SMILES string of the molecule is Cc1cccc(C)c1NC(=O)C(=O)N1CCN(c2ccc(F)cc2)CC1. The molecule has 1 aliphatic rings. The number of rotatable bonds is 2. The molecule has 1 fully saturated rings. The topological polar surface area (TPSA) is 52.7 Å². The Morgan fingerprint density at radius 3 is 2.08 bits per heavy atom. The minimum absolute atomic E-state index is 0.272. The molecule has 5 nitrogen and oxygen atoms in total. The number of halogens is 1. The highest BCUT2D eigenvalue weighted by Crippen LogP contribution is 2.20. The Bertz CT molecular complexity index is 792. The Balaban J connectivity index is 1.59. The monoisotopic (exact) mass is 355 g/mol. The van der Waals surface area contributed by atoms with Crippen molar-refractivity contribution in [1.82, 2.24) is 4.90 Å². The van der Waals surface area contributed by atoms with Crippen molar-refractivity contribution in [3.05, 3.63) is 59.4 Å². The van der Waals surface area contributed by atoms with Crippen LogP contribution in [0.4, 0.5) is 15.8 Å². The normalized spacial score (nSPS) is 14.3. The Hall–Kier alpha value is -2.89. The zero-order chi connectivity index (χ0) is 18.7. The average molecular weight is 355 g/mol. The molecule has 0 saturated carbocycles. The van der Waals surface area contributed by atoms with Crippen LogP contribution in [-0.2, 0) is 9.59 Å². The number of benzene rings is 2. The fourth-order valence-electron chi connectivity index (χ4n) is 3.14. The molecule has 0 unspecified atom stereocenters. The van der Waals surface area contributed by atoms with Crippen LogP contribution in [0.2, 0.25) is 0 Å². The molecule has 136 valence electrons. The van der Waals surface area contributed by atoms with Gasteiger partial charge in [-0.05, 0) is 49.2 Å². The van der Waals surface area contributed by atoms with Crippen molar-refractivity contribution in [2.45, 2.75) is 13.8 Å². The number of piperazine rings is 1.